The van der Waals surface area contributed by atoms with Crippen LogP contribution in [0.25, 0.3) is 76.9 Å². The Hall–Kier alpha value is -6.90. The lowest BCUT2D eigenvalue weighted by Crippen LogP contribution is -2.10. The summed E-state index contributed by atoms with van der Waals surface area (Å²) >= 11 is 0. The van der Waals surface area contributed by atoms with Crippen molar-refractivity contribution in [2.45, 2.75) is 0 Å². The number of hydrogen-bond donors (Lipinski definition) is 0. The van der Waals surface area contributed by atoms with Crippen LogP contribution >= 0.6 is 0 Å². The smallest absolute Gasteiger partial charge is 0.159 e. The number of hydrogen-bond acceptors (Lipinski definition) is 2. The van der Waals surface area contributed by atoms with E-state index in [1.54, 1.807) is 0 Å². The third-order valence-electron chi connectivity index (χ3n) is 10.3. The molecule has 52 heavy (non-hydrogen) atoms. The molecule has 0 radical (unpaired) electrons. The van der Waals surface area contributed by atoms with Gasteiger partial charge in [-0.3, -0.25) is 0 Å². The van der Waals surface area contributed by atoms with Crippen molar-refractivity contribution in [1.29, 1.82) is 0 Å². The van der Waals surface area contributed by atoms with E-state index in [4.69, 9.17) is 4.42 Å². The Morgan fingerprint density at radius 1 is 0.327 bits per heavy atom. The summed E-state index contributed by atoms with van der Waals surface area (Å²) in [7, 11) is 0. The van der Waals surface area contributed by atoms with Gasteiger partial charge in [-0.15, -0.1) is 0 Å². The highest BCUT2D eigenvalue weighted by Gasteiger charge is 2.20. The standard InChI is InChI=1S/C50H33NO/c1-3-12-34(13-4-1)36-22-27-40(28-23-36)51(48-21-11-20-46-45-31-26-38(33-49(45)52-50(46)48)35-14-5-2-6-15-35)41-29-24-37(25-30-41)47-32-39-16-7-8-17-42(39)43-18-9-10-19-44(43)47/h1-33H. The summed E-state index contributed by atoms with van der Waals surface area (Å²) in [5, 5.41) is 7.24. The highest BCUT2D eigenvalue weighted by molar-refractivity contribution is 6.14. The second-order valence-electron chi connectivity index (χ2n) is 13.3. The molecular formula is C50H33NO. The van der Waals surface area contributed by atoms with Crippen molar-refractivity contribution >= 4 is 60.5 Å². The number of nitrogens with zero attached hydrogens (tertiary/aromatic N) is 1. The zero-order chi connectivity index (χ0) is 34.4. The monoisotopic (exact) mass is 663 g/mol. The molecular weight excluding hydrogens is 631 g/mol. The molecule has 0 aliphatic rings. The minimum atomic E-state index is 0.861. The van der Waals surface area contributed by atoms with Crippen molar-refractivity contribution in [1.82, 2.24) is 0 Å². The van der Waals surface area contributed by atoms with Gasteiger partial charge in [-0.1, -0.05) is 152 Å². The molecule has 9 aromatic carbocycles. The molecule has 0 bridgehead atoms. The highest BCUT2D eigenvalue weighted by atomic mass is 16.3. The normalized spacial score (nSPS) is 11.5. The van der Waals surface area contributed by atoms with Gasteiger partial charge in [-0.25, -0.2) is 0 Å². The fourth-order valence-corrected chi connectivity index (χ4v) is 7.71. The average molecular weight is 664 g/mol. The van der Waals surface area contributed by atoms with Crippen LogP contribution < -0.4 is 4.90 Å². The van der Waals surface area contributed by atoms with Crippen LogP contribution in [0.5, 0.6) is 0 Å². The van der Waals surface area contributed by atoms with E-state index < -0.39 is 0 Å². The molecule has 0 saturated heterocycles. The van der Waals surface area contributed by atoms with Crippen LogP contribution in [0, 0.1) is 0 Å². The van der Waals surface area contributed by atoms with Gasteiger partial charge in [0.05, 0.1) is 5.69 Å². The lowest BCUT2D eigenvalue weighted by Gasteiger charge is -2.26. The molecule has 0 atom stereocenters. The first-order valence-electron chi connectivity index (χ1n) is 17.8. The number of furan rings is 1. The van der Waals surface area contributed by atoms with Crippen molar-refractivity contribution < 1.29 is 4.42 Å². The second-order valence-corrected chi connectivity index (χ2v) is 13.3. The van der Waals surface area contributed by atoms with Crippen LogP contribution in [-0.4, -0.2) is 0 Å². The Morgan fingerprint density at radius 3 is 1.58 bits per heavy atom. The van der Waals surface area contributed by atoms with Gasteiger partial charge in [0, 0.05) is 22.1 Å². The molecule has 2 heteroatoms. The fourth-order valence-electron chi connectivity index (χ4n) is 7.71. The SMILES string of the molecule is c1ccc(-c2ccc(N(c3ccc(-c4cc5ccccc5c5ccccc45)cc3)c3cccc4c3oc3cc(-c5ccccc5)ccc34)cc2)cc1. The molecule has 10 rings (SSSR count). The third kappa shape index (κ3) is 5.12. The zero-order valence-electron chi connectivity index (χ0n) is 28.4. The van der Waals surface area contributed by atoms with E-state index in [0.717, 1.165) is 44.6 Å². The van der Waals surface area contributed by atoms with Crippen LogP contribution in [0.2, 0.25) is 0 Å². The van der Waals surface area contributed by atoms with Gasteiger partial charge in [-0.05, 0) is 103 Å². The Labute approximate surface area is 302 Å². The minimum absolute atomic E-state index is 0.861. The number of anilines is 3. The van der Waals surface area contributed by atoms with Gasteiger partial charge in [0.1, 0.15) is 5.58 Å². The molecule has 0 spiro atoms. The maximum Gasteiger partial charge on any atom is 0.159 e. The summed E-state index contributed by atoms with van der Waals surface area (Å²) in [6, 6.07) is 71.5. The molecule has 244 valence electrons. The molecule has 2 nitrogen and oxygen atoms in total. The fraction of sp³-hybridized carbons (Fsp3) is 0. The first-order chi connectivity index (χ1) is 25.8. The van der Waals surface area contributed by atoms with E-state index in [0.29, 0.717) is 0 Å². The van der Waals surface area contributed by atoms with Crippen molar-refractivity contribution in [3.05, 3.63) is 200 Å². The summed E-state index contributed by atoms with van der Waals surface area (Å²) in [5.74, 6) is 0. The van der Waals surface area contributed by atoms with Gasteiger partial charge in [0.2, 0.25) is 0 Å². The molecule has 0 aliphatic carbocycles. The van der Waals surface area contributed by atoms with Crippen LogP contribution in [0.1, 0.15) is 0 Å². The molecule has 1 heterocycles. The Bertz CT molecular complexity index is 2870. The van der Waals surface area contributed by atoms with E-state index in [1.165, 1.54) is 49.4 Å². The van der Waals surface area contributed by atoms with Crippen molar-refractivity contribution in [2.75, 3.05) is 4.90 Å². The molecule has 0 fully saturated rings. The topological polar surface area (TPSA) is 16.4 Å². The largest absolute Gasteiger partial charge is 0.454 e. The third-order valence-corrected chi connectivity index (χ3v) is 10.3. The Kier molecular flexibility index (Phi) is 7.18. The molecule has 10 aromatic rings. The van der Waals surface area contributed by atoms with E-state index in [9.17, 15) is 0 Å². The highest BCUT2D eigenvalue weighted by Crippen LogP contribution is 2.44. The average Bonchev–Trinajstić information content (AvgIpc) is 3.61. The summed E-state index contributed by atoms with van der Waals surface area (Å²) in [5.41, 5.74) is 11.9. The number of fused-ring (bicyclic) bond motifs is 6. The molecule has 0 amide bonds. The maximum absolute atomic E-state index is 6.80. The number of rotatable bonds is 6. The van der Waals surface area contributed by atoms with Crippen LogP contribution in [0.4, 0.5) is 17.1 Å². The van der Waals surface area contributed by atoms with Crippen LogP contribution in [0.15, 0.2) is 205 Å². The minimum Gasteiger partial charge on any atom is -0.454 e. The quantitative estimate of drug-likeness (QED) is 0.165. The van der Waals surface area contributed by atoms with E-state index in [1.807, 2.05) is 6.07 Å². The van der Waals surface area contributed by atoms with Crippen molar-refractivity contribution in [3.63, 3.8) is 0 Å². The lowest BCUT2D eigenvalue weighted by molar-refractivity contribution is 0.669. The number of para-hydroxylation sites is 1. The molecule has 0 aliphatic heterocycles. The summed E-state index contributed by atoms with van der Waals surface area (Å²) in [4.78, 5) is 2.32. The summed E-state index contributed by atoms with van der Waals surface area (Å²) in [6.07, 6.45) is 0. The first-order valence-corrected chi connectivity index (χ1v) is 17.8. The van der Waals surface area contributed by atoms with Gasteiger partial charge < -0.3 is 9.32 Å². The van der Waals surface area contributed by atoms with Gasteiger partial charge >= 0.3 is 0 Å². The Morgan fingerprint density at radius 2 is 0.865 bits per heavy atom. The zero-order valence-corrected chi connectivity index (χ0v) is 28.4. The molecule has 0 unspecified atom stereocenters. The molecule has 1 aromatic heterocycles. The van der Waals surface area contributed by atoms with Crippen molar-refractivity contribution in [2.24, 2.45) is 0 Å². The van der Waals surface area contributed by atoms with Crippen LogP contribution in [-0.2, 0) is 0 Å². The van der Waals surface area contributed by atoms with E-state index >= 15 is 0 Å². The molecule has 0 N–H and O–H groups in total. The number of benzene rings is 9. The van der Waals surface area contributed by atoms with Crippen LogP contribution in [0.3, 0.4) is 0 Å². The molecule has 0 saturated carbocycles. The van der Waals surface area contributed by atoms with E-state index in [2.05, 4.69) is 199 Å². The summed E-state index contributed by atoms with van der Waals surface area (Å²) < 4.78 is 6.80. The first kappa shape index (κ1) is 30.0. The van der Waals surface area contributed by atoms with Gasteiger partial charge in [-0.2, -0.15) is 0 Å². The lowest BCUT2D eigenvalue weighted by atomic mass is 9.93. The van der Waals surface area contributed by atoms with Crippen molar-refractivity contribution in [3.8, 4) is 33.4 Å². The van der Waals surface area contributed by atoms with Gasteiger partial charge in [0.25, 0.3) is 0 Å². The predicted molar refractivity (Wildman–Crippen MR) is 220 cm³/mol. The maximum atomic E-state index is 6.80. The van der Waals surface area contributed by atoms with Gasteiger partial charge in [0.15, 0.2) is 5.58 Å². The summed E-state index contributed by atoms with van der Waals surface area (Å²) in [6.45, 7) is 0. The predicted octanol–water partition coefficient (Wildman–Crippen LogP) is 14.4. The van der Waals surface area contributed by atoms with E-state index in [-0.39, 0.29) is 0 Å². The Balaban J connectivity index is 1.13. The second kappa shape index (κ2) is 12.5.